The van der Waals surface area contributed by atoms with Crippen LogP contribution in [0.25, 0.3) is 0 Å². The maximum Gasteiger partial charge on any atom is 0.308 e. The molecule has 6 nitrogen and oxygen atoms in total. The molecule has 1 aliphatic rings. The molecule has 1 saturated heterocycles. The second-order valence-corrected chi connectivity index (χ2v) is 6.86. The summed E-state index contributed by atoms with van der Waals surface area (Å²) in [7, 11) is 0. The van der Waals surface area contributed by atoms with Gasteiger partial charge >= 0.3 is 5.97 Å². The third-order valence-electron chi connectivity index (χ3n) is 5.03. The van der Waals surface area contributed by atoms with Gasteiger partial charge in [0.25, 0.3) is 5.91 Å². The summed E-state index contributed by atoms with van der Waals surface area (Å²) in [6, 6.07) is 16.6. The van der Waals surface area contributed by atoms with Crippen LogP contribution in [0.15, 0.2) is 54.6 Å². The van der Waals surface area contributed by atoms with Gasteiger partial charge in [0, 0.05) is 30.9 Å². The molecular weight excluding hydrogens is 358 g/mol. The van der Waals surface area contributed by atoms with Crippen LogP contribution in [0, 0.1) is 11.8 Å². The molecule has 0 aliphatic carbocycles. The Bertz CT molecular complexity index is 787. The zero-order valence-electron chi connectivity index (χ0n) is 15.7. The van der Waals surface area contributed by atoms with Gasteiger partial charge in [0.05, 0.1) is 5.92 Å². The van der Waals surface area contributed by atoms with Crippen molar-refractivity contribution < 1.29 is 24.2 Å². The molecule has 1 amide bonds. The number of carbonyl (C=O) groups is 2. The topological polar surface area (TPSA) is 84.9 Å². The van der Waals surface area contributed by atoms with E-state index in [2.05, 4.69) is 5.32 Å². The van der Waals surface area contributed by atoms with Gasteiger partial charge in [-0.3, -0.25) is 9.59 Å². The lowest BCUT2D eigenvalue weighted by atomic mass is 9.86. The maximum absolute atomic E-state index is 12.7. The Morgan fingerprint density at radius 3 is 2.46 bits per heavy atom. The molecule has 1 unspecified atom stereocenters. The zero-order valence-corrected chi connectivity index (χ0v) is 15.7. The molecule has 0 bridgehead atoms. The van der Waals surface area contributed by atoms with Crippen molar-refractivity contribution in [2.45, 2.75) is 19.4 Å². The predicted molar refractivity (Wildman–Crippen MR) is 104 cm³/mol. The van der Waals surface area contributed by atoms with Crippen LogP contribution in [0.1, 0.15) is 28.8 Å². The molecule has 0 aromatic heterocycles. The average Bonchev–Trinajstić information content (AvgIpc) is 2.74. The third kappa shape index (κ3) is 5.33. The Labute approximate surface area is 164 Å². The van der Waals surface area contributed by atoms with Crippen molar-refractivity contribution in [3.05, 3.63) is 65.7 Å². The first-order valence-corrected chi connectivity index (χ1v) is 9.49. The van der Waals surface area contributed by atoms with E-state index in [0.29, 0.717) is 31.6 Å². The highest BCUT2D eigenvalue weighted by molar-refractivity contribution is 5.95. The highest BCUT2D eigenvalue weighted by Crippen LogP contribution is 2.24. The van der Waals surface area contributed by atoms with Crippen LogP contribution < -0.4 is 10.1 Å². The van der Waals surface area contributed by atoms with Gasteiger partial charge in [-0.15, -0.1) is 0 Å². The van der Waals surface area contributed by atoms with E-state index in [9.17, 15) is 14.7 Å². The Balaban J connectivity index is 1.62. The van der Waals surface area contributed by atoms with Crippen LogP contribution in [-0.4, -0.2) is 36.7 Å². The van der Waals surface area contributed by atoms with Crippen LogP contribution in [0.4, 0.5) is 0 Å². The number of aliphatic carboxylic acids is 1. The van der Waals surface area contributed by atoms with E-state index in [4.69, 9.17) is 9.47 Å². The fraction of sp³-hybridized carbons (Fsp3) is 0.364. The summed E-state index contributed by atoms with van der Waals surface area (Å²) >= 11 is 0. The van der Waals surface area contributed by atoms with Crippen molar-refractivity contribution in [3.8, 4) is 5.75 Å². The lowest BCUT2D eigenvalue weighted by Gasteiger charge is -2.27. The van der Waals surface area contributed by atoms with Crippen molar-refractivity contribution in [2.75, 3.05) is 19.8 Å². The van der Waals surface area contributed by atoms with Gasteiger partial charge in [-0.05, 0) is 37.0 Å². The molecule has 2 aromatic carbocycles. The minimum Gasteiger partial charge on any atom is -0.489 e. The number of hydrogen-bond acceptors (Lipinski definition) is 4. The maximum atomic E-state index is 12.7. The number of carbonyl (C=O) groups excluding carboxylic acids is 1. The molecule has 1 aliphatic heterocycles. The summed E-state index contributed by atoms with van der Waals surface area (Å²) in [4.78, 5) is 24.4. The normalized spacial score (nSPS) is 15.6. The van der Waals surface area contributed by atoms with Crippen LogP contribution in [0.5, 0.6) is 5.75 Å². The molecule has 1 atom stereocenters. The number of amides is 1. The van der Waals surface area contributed by atoms with Crippen LogP contribution >= 0.6 is 0 Å². The minimum absolute atomic E-state index is 0.0169. The molecule has 3 rings (SSSR count). The lowest BCUT2D eigenvalue weighted by Crippen LogP contribution is -2.39. The quantitative estimate of drug-likeness (QED) is 0.732. The summed E-state index contributed by atoms with van der Waals surface area (Å²) in [6.45, 7) is 1.51. The Hall–Kier alpha value is -2.86. The fourth-order valence-electron chi connectivity index (χ4n) is 3.42. The zero-order chi connectivity index (χ0) is 19.8. The SMILES string of the molecule is O=C(NCC(C(=O)O)C1CCOCC1)c1ccccc1COc1ccccc1. The van der Waals surface area contributed by atoms with Crippen molar-refractivity contribution in [2.24, 2.45) is 11.8 Å². The summed E-state index contributed by atoms with van der Waals surface area (Å²) in [5, 5.41) is 12.4. The van der Waals surface area contributed by atoms with Crippen molar-refractivity contribution >= 4 is 11.9 Å². The van der Waals surface area contributed by atoms with Gasteiger partial charge in [0.15, 0.2) is 0 Å². The molecule has 6 heteroatoms. The first kappa shape index (κ1) is 19.9. The molecule has 0 saturated carbocycles. The second-order valence-electron chi connectivity index (χ2n) is 6.86. The third-order valence-corrected chi connectivity index (χ3v) is 5.03. The number of carboxylic acids is 1. The molecule has 0 radical (unpaired) electrons. The van der Waals surface area contributed by atoms with Gasteiger partial charge in [-0.1, -0.05) is 36.4 Å². The Kier molecular flexibility index (Phi) is 7.03. The summed E-state index contributed by atoms with van der Waals surface area (Å²) in [5.41, 5.74) is 1.25. The highest BCUT2D eigenvalue weighted by atomic mass is 16.5. The van der Waals surface area contributed by atoms with E-state index in [0.717, 1.165) is 11.3 Å². The molecule has 1 fully saturated rings. The standard InChI is InChI=1S/C22H25NO5/c24-21(23-14-20(22(25)26)16-10-12-27-13-11-16)19-9-5-4-6-17(19)15-28-18-7-2-1-3-8-18/h1-9,16,20H,10-15H2,(H,23,24)(H,25,26). The number of benzene rings is 2. The summed E-state index contributed by atoms with van der Waals surface area (Å²) < 4.78 is 11.1. The monoisotopic (exact) mass is 383 g/mol. The molecule has 148 valence electrons. The number of rotatable bonds is 8. The Morgan fingerprint density at radius 2 is 1.75 bits per heavy atom. The number of ether oxygens (including phenoxy) is 2. The van der Waals surface area contributed by atoms with Gasteiger partial charge in [-0.2, -0.15) is 0 Å². The molecule has 28 heavy (non-hydrogen) atoms. The molecule has 2 aromatic rings. The highest BCUT2D eigenvalue weighted by Gasteiger charge is 2.30. The summed E-state index contributed by atoms with van der Waals surface area (Å²) in [5.74, 6) is -1.04. The number of carboxylic acid groups (broad SMARTS) is 1. The van der Waals surface area contributed by atoms with E-state index in [1.54, 1.807) is 12.1 Å². The van der Waals surface area contributed by atoms with E-state index < -0.39 is 11.9 Å². The van der Waals surface area contributed by atoms with E-state index in [1.165, 1.54) is 0 Å². The van der Waals surface area contributed by atoms with Gasteiger partial charge in [0.1, 0.15) is 12.4 Å². The molecule has 2 N–H and O–H groups in total. The van der Waals surface area contributed by atoms with Crippen molar-refractivity contribution in [1.82, 2.24) is 5.32 Å². The summed E-state index contributed by atoms with van der Waals surface area (Å²) in [6.07, 6.45) is 1.41. The molecular formula is C22H25NO5. The van der Waals surface area contributed by atoms with Gasteiger partial charge in [-0.25, -0.2) is 0 Å². The smallest absolute Gasteiger partial charge is 0.308 e. The second kappa shape index (κ2) is 9.90. The van der Waals surface area contributed by atoms with E-state index in [-0.39, 0.29) is 25.0 Å². The van der Waals surface area contributed by atoms with Crippen LogP contribution in [-0.2, 0) is 16.1 Å². The van der Waals surface area contributed by atoms with Gasteiger partial charge < -0.3 is 19.9 Å². The predicted octanol–water partition coefficient (Wildman–Crippen LogP) is 3.12. The molecule has 0 spiro atoms. The first-order chi connectivity index (χ1) is 13.6. The minimum atomic E-state index is -0.882. The largest absolute Gasteiger partial charge is 0.489 e. The van der Waals surface area contributed by atoms with Crippen molar-refractivity contribution in [3.63, 3.8) is 0 Å². The fourth-order valence-corrected chi connectivity index (χ4v) is 3.42. The average molecular weight is 383 g/mol. The van der Waals surface area contributed by atoms with Crippen molar-refractivity contribution in [1.29, 1.82) is 0 Å². The van der Waals surface area contributed by atoms with Gasteiger partial charge in [0.2, 0.25) is 0 Å². The van der Waals surface area contributed by atoms with Crippen LogP contribution in [0.2, 0.25) is 0 Å². The first-order valence-electron chi connectivity index (χ1n) is 9.49. The number of hydrogen-bond donors (Lipinski definition) is 2. The van der Waals surface area contributed by atoms with E-state index in [1.807, 2.05) is 42.5 Å². The molecule has 1 heterocycles. The number of nitrogens with one attached hydrogen (secondary N) is 1. The van der Waals surface area contributed by atoms with E-state index >= 15 is 0 Å². The lowest BCUT2D eigenvalue weighted by molar-refractivity contribution is -0.144. The van der Waals surface area contributed by atoms with Crippen LogP contribution in [0.3, 0.4) is 0 Å². The number of para-hydroxylation sites is 1. The Morgan fingerprint density at radius 1 is 1.07 bits per heavy atom.